The van der Waals surface area contributed by atoms with Crippen LogP contribution < -0.4 is 10.6 Å². The van der Waals surface area contributed by atoms with Crippen molar-refractivity contribution in [3.05, 3.63) is 22.4 Å². The zero-order chi connectivity index (χ0) is 14.3. The second kappa shape index (κ2) is 8.30. The van der Waals surface area contributed by atoms with Crippen LogP contribution in [0.2, 0.25) is 0 Å². The molecule has 0 aliphatic rings. The Labute approximate surface area is 120 Å². The first kappa shape index (κ1) is 16.1. The van der Waals surface area contributed by atoms with Crippen LogP contribution in [0.3, 0.4) is 0 Å². The topological polar surface area (TPSA) is 44.4 Å². The quantitative estimate of drug-likeness (QED) is 0.765. The Morgan fingerprint density at radius 3 is 2.74 bits per heavy atom. The van der Waals surface area contributed by atoms with Crippen molar-refractivity contribution in [3.63, 3.8) is 0 Å². The van der Waals surface area contributed by atoms with E-state index in [-0.39, 0.29) is 11.9 Å². The van der Waals surface area contributed by atoms with E-state index in [9.17, 15) is 4.79 Å². The summed E-state index contributed by atoms with van der Waals surface area (Å²) < 4.78 is 0. The van der Waals surface area contributed by atoms with Gasteiger partial charge < -0.3 is 15.5 Å². The molecule has 2 N–H and O–H groups in total. The van der Waals surface area contributed by atoms with Crippen molar-refractivity contribution >= 4 is 17.2 Å². The van der Waals surface area contributed by atoms with Gasteiger partial charge in [-0.1, -0.05) is 13.0 Å². The summed E-state index contributed by atoms with van der Waals surface area (Å²) in [6.45, 7) is 5.23. The van der Waals surface area contributed by atoms with E-state index in [1.54, 1.807) is 11.3 Å². The van der Waals surface area contributed by atoms with Gasteiger partial charge in [-0.2, -0.15) is 0 Å². The Kier molecular flexibility index (Phi) is 7.05. The van der Waals surface area contributed by atoms with Crippen molar-refractivity contribution in [2.75, 3.05) is 27.2 Å². The summed E-state index contributed by atoms with van der Waals surface area (Å²) in [5.74, 6) is 0.0590. The van der Waals surface area contributed by atoms with Crippen molar-refractivity contribution < 1.29 is 4.79 Å². The van der Waals surface area contributed by atoms with Gasteiger partial charge >= 0.3 is 0 Å². The zero-order valence-corrected chi connectivity index (χ0v) is 13.1. The highest BCUT2D eigenvalue weighted by Crippen LogP contribution is 2.22. The Morgan fingerprint density at radius 1 is 1.47 bits per heavy atom. The van der Waals surface area contributed by atoms with Crippen LogP contribution in [0, 0.1) is 0 Å². The van der Waals surface area contributed by atoms with Gasteiger partial charge in [0.15, 0.2) is 0 Å². The average Bonchev–Trinajstić information content (AvgIpc) is 2.89. The lowest BCUT2D eigenvalue weighted by molar-refractivity contribution is -0.120. The molecule has 2 atom stereocenters. The number of nitrogens with zero attached hydrogens (tertiary/aromatic N) is 1. The fourth-order valence-corrected chi connectivity index (χ4v) is 2.63. The molecule has 1 heterocycles. The molecule has 0 saturated heterocycles. The van der Waals surface area contributed by atoms with E-state index < -0.39 is 0 Å². The van der Waals surface area contributed by atoms with Crippen LogP contribution in [0.4, 0.5) is 0 Å². The maximum Gasteiger partial charge on any atom is 0.234 e. The second-order valence-electron chi connectivity index (χ2n) is 4.99. The Bertz CT molecular complexity index is 365. The van der Waals surface area contributed by atoms with E-state index in [0.717, 1.165) is 6.42 Å². The van der Waals surface area contributed by atoms with E-state index in [1.165, 1.54) is 4.88 Å². The van der Waals surface area contributed by atoms with E-state index in [4.69, 9.17) is 0 Å². The van der Waals surface area contributed by atoms with Crippen molar-refractivity contribution in [1.29, 1.82) is 0 Å². The van der Waals surface area contributed by atoms with Gasteiger partial charge in [-0.3, -0.25) is 4.79 Å². The predicted octanol–water partition coefficient (Wildman–Crippen LogP) is 1.86. The molecule has 4 nitrogen and oxygen atoms in total. The van der Waals surface area contributed by atoms with Gasteiger partial charge in [-0.25, -0.2) is 0 Å². The Hall–Kier alpha value is -0.910. The summed E-state index contributed by atoms with van der Waals surface area (Å²) in [5, 5.41) is 8.26. The fourth-order valence-electron chi connectivity index (χ4n) is 1.70. The molecule has 0 saturated carbocycles. The molecule has 2 unspecified atom stereocenters. The summed E-state index contributed by atoms with van der Waals surface area (Å²) >= 11 is 1.72. The molecule has 5 heteroatoms. The highest BCUT2D eigenvalue weighted by atomic mass is 32.1. The third kappa shape index (κ3) is 5.72. The number of hydrogen-bond donors (Lipinski definition) is 2. The van der Waals surface area contributed by atoms with E-state index in [1.807, 2.05) is 20.2 Å². The molecule has 19 heavy (non-hydrogen) atoms. The van der Waals surface area contributed by atoms with E-state index in [2.05, 4.69) is 40.8 Å². The molecule has 0 bridgehead atoms. The SMILES string of the molecule is CCC(C)NCC(=O)NCC(c1cccs1)N(C)C. The van der Waals surface area contributed by atoms with Crippen LogP contribution in [-0.4, -0.2) is 44.0 Å². The molecule has 0 aliphatic carbocycles. The number of rotatable bonds is 8. The van der Waals surface area contributed by atoms with Crippen molar-refractivity contribution in [1.82, 2.24) is 15.5 Å². The minimum Gasteiger partial charge on any atom is -0.353 e. The summed E-state index contributed by atoms with van der Waals surface area (Å²) in [7, 11) is 4.07. The van der Waals surface area contributed by atoms with Crippen LogP contribution in [0.15, 0.2) is 17.5 Å². The molecule has 1 aromatic rings. The van der Waals surface area contributed by atoms with Crippen LogP contribution >= 0.6 is 11.3 Å². The van der Waals surface area contributed by atoms with Gasteiger partial charge in [0.2, 0.25) is 5.91 Å². The number of likely N-dealkylation sites (N-methyl/N-ethyl adjacent to an activating group) is 1. The number of carbonyl (C=O) groups excluding carboxylic acids is 1. The van der Waals surface area contributed by atoms with Crippen molar-refractivity contribution in [2.45, 2.75) is 32.4 Å². The molecule has 0 aromatic carbocycles. The molecule has 1 aromatic heterocycles. The Morgan fingerprint density at radius 2 is 2.21 bits per heavy atom. The lowest BCUT2D eigenvalue weighted by Crippen LogP contribution is -2.41. The largest absolute Gasteiger partial charge is 0.353 e. The number of carbonyl (C=O) groups is 1. The second-order valence-corrected chi connectivity index (χ2v) is 5.97. The molecular weight excluding hydrogens is 258 g/mol. The third-order valence-corrected chi connectivity index (χ3v) is 4.18. The summed E-state index contributed by atoms with van der Waals surface area (Å²) in [6, 6.07) is 4.78. The first-order chi connectivity index (χ1) is 9.04. The predicted molar refractivity (Wildman–Crippen MR) is 81.5 cm³/mol. The summed E-state index contributed by atoms with van der Waals surface area (Å²) in [5.41, 5.74) is 0. The smallest absolute Gasteiger partial charge is 0.234 e. The zero-order valence-electron chi connectivity index (χ0n) is 12.3. The van der Waals surface area contributed by atoms with Gasteiger partial charge in [-0.15, -0.1) is 11.3 Å². The Balaban J connectivity index is 2.38. The average molecular weight is 283 g/mol. The van der Waals surface area contributed by atoms with Gasteiger partial charge in [0.25, 0.3) is 0 Å². The van der Waals surface area contributed by atoms with Gasteiger partial charge in [0.1, 0.15) is 0 Å². The van der Waals surface area contributed by atoms with Gasteiger partial charge in [0, 0.05) is 17.5 Å². The monoisotopic (exact) mass is 283 g/mol. The van der Waals surface area contributed by atoms with E-state index >= 15 is 0 Å². The minimum absolute atomic E-state index is 0.0590. The molecule has 108 valence electrons. The van der Waals surface area contributed by atoms with Crippen LogP contribution in [-0.2, 0) is 4.79 Å². The highest BCUT2D eigenvalue weighted by Gasteiger charge is 2.16. The summed E-state index contributed by atoms with van der Waals surface area (Å²) in [6.07, 6.45) is 1.03. The highest BCUT2D eigenvalue weighted by molar-refractivity contribution is 7.10. The number of nitrogens with one attached hydrogen (secondary N) is 2. The normalized spacial score (nSPS) is 14.4. The fraction of sp³-hybridized carbons (Fsp3) is 0.643. The maximum absolute atomic E-state index is 11.8. The molecule has 0 spiro atoms. The number of amides is 1. The lowest BCUT2D eigenvalue weighted by Gasteiger charge is -2.23. The standard InChI is InChI=1S/C14H25N3OS/c1-5-11(2)15-10-14(18)16-9-12(17(3)4)13-7-6-8-19-13/h6-8,11-12,15H,5,9-10H2,1-4H3,(H,16,18). The molecule has 0 fully saturated rings. The molecular formula is C14H25N3OS. The number of hydrogen-bond acceptors (Lipinski definition) is 4. The summed E-state index contributed by atoms with van der Waals surface area (Å²) in [4.78, 5) is 15.2. The lowest BCUT2D eigenvalue weighted by atomic mass is 10.2. The molecule has 0 aliphatic heterocycles. The van der Waals surface area contributed by atoms with Crippen molar-refractivity contribution in [3.8, 4) is 0 Å². The molecule has 1 amide bonds. The third-order valence-electron chi connectivity index (χ3n) is 3.21. The van der Waals surface area contributed by atoms with Gasteiger partial charge in [0.05, 0.1) is 12.6 Å². The first-order valence-electron chi connectivity index (χ1n) is 6.74. The number of thiophene rings is 1. The van der Waals surface area contributed by atoms with Crippen LogP contribution in [0.25, 0.3) is 0 Å². The van der Waals surface area contributed by atoms with Gasteiger partial charge in [-0.05, 0) is 38.9 Å². The van der Waals surface area contributed by atoms with Crippen LogP contribution in [0.1, 0.15) is 31.2 Å². The van der Waals surface area contributed by atoms with E-state index in [0.29, 0.717) is 19.1 Å². The molecule has 1 rings (SSSR count). The van der Waals surface area contributed by atoms with Crippen molar-refractivity contribution in [2.24, 2.45) is 0 Å². The van der Waals surface area contributed by atoms with Crippen LogP contribution in [0.5, 0.6) is 0 Å². The molecule has 0 radical (unpaired) electrons. The maximum atomic E-state index is 11.8. The first-order valence-corrected chi connectivity index (χ1v) is 7.62. The minimum atomic E-state index is 0.0590.